The maximum Gasteiger partial charge on any atom is 0.164 e. The van der Waals surface area contributed by atoms with Crippen LogP contribution in [0.3, 0.4) is 0 Å². The van der Waals surface area contributed by atoms with Gasteiger partial charge >= 0.3 is 0 Å². The number of thiophene rings is 1. The van der Waals surface area contributed by atoms with E-state index in [0.717, 1.165) is 50.5 Å². The Morgan fingerprint density at radius 1 is 1.10 bits per heavy atom. The molecule has 0 atom stereocenters. The second-order valence-corrected chi connectivity index (χ2v) is 8.81. The third-order valence-corrected chi connectivity index (χ3v) is 6.48. The molecule has 5 rings (SSSR count). The number of benzene rings is 1. The van der Waals surface area contributed by atoms with Crippen molar-refractivity contribution >= 4 is 38.3 Å². The molecule has 148 valence electrons. The number of hydrogen-bond acceptors (Lipinski definition) is 7. The second kappa shape index (κ2) is 7.02. The van der Waals surface area contributed by atoms with E-state index in [2.05, 4.69) is 16.0 Å². The van der Waals surface area contributed by atoms with Crippen molar-refractivity contribution < 1.29 is 9.84 Å². The number of hydrogen-bond donors (Lipinski definition) is 1. The minimum Gasteiger partial charge on any atom is -0.385 e. The number of para-hydroxylation sites is 1. The molecule has 6 nitrogen and oxygen atoms in total. The van der Waals surface area contributed by atoms with Crippen LogP contribution in [0.4, 0.5) is 5.82 Å². The van der Waals surface area contributed by atoms with Crippen LogP contribution in [0.25, 0.3) is 32.5 Å². The van der Waals surface area contributed by atoms with Crippen LogP contribution in [0.5, 0.6) is 0 Å². The third-order valence-electron chi connectivity index (χ3n) is 5.13. The van der Waals surface area contributed by atoms with Crippen LogP contribution in [-0.4, -0.2) is 46.4 Å². The Balaban J connectivity index is 1.70. The summed E-state index contributed by atoms with van der Waals surface area (Å²) < 4.78 is 5.52. The highest BCUT2D eigenvalue weighted by Gasteiger charge is 2.24. The SMILES string of the molecule is CC(C)(O)c1cc2c(N3CCOCC3)nc(-c3cnc4ccccc4c3)nc2s1. The lowest BCUT2D eigenvalue weighted by molar-refractivity contribution is 0.0826. The van der Waals surface area contributed by atoms with Crippen LogP contribution >= 0.6 is 11.3 Å². The average Bonchev–Trinajstić information content (AvgIpc) is 3.18. The predicted molar refractivity (Wildman–Crippen MR) is 116 cm³/mol. The number of aromatic nitrogens is 3. The number of anilines is 1. The average molecular weight is 407 g/mol. The van der Waals surface area contributed by atoms with Gasteiger partial charge in [-0.1, -0.05) is 18.2 Å². The van der Waals surface area contributed by atoms with Crippen LogP contribution in [0.15, 0.2) is 42.6 Å². The third kappa shape index (κ3) is 3.46. The summed E-state index contributed by atoms with van der Waals surface area (Å²) in [5.74, 6) is 1.55. The molecule has 0 bridgehead atoms. The lowest BCUT2D eigenvalue weighted by atomic mass is 10.1. The van der Waals surface area contributed by atoms with Crippen molar-refractivity contribution in [3.05, 3.63) is 47.5 Å². The smallest absolute Gasteiger partial charge is 0.164 e. The monoisotopic (exact) mass is 406 g/mol. The van der Waals surface area contributed by atoms with Crippen LogP contribution in [0.1, 0.15) is 18.7 Å². The molecule has 1 aliphatic heterocycles. The number of fused-ring (bicyclic) bond motifs is 2. The molecular formula is C22H22N4O2S. The molecule has 3 aromatic heterocycles. The van der Waals surface area contributed by atoms with E-state index in [-0.39, 0.29) is 0 Å². The van der Waals surface area contributed by atoms with Crippen molar-refractivity contribution in [2.75, 3.05) is 31.2 Å². The van der Waals surface area contributed by atoms with Gasteiger partial charge in [0, 0.05) is 35.1 Å². The number of aliphatic hydroxyl groups is 1. The van der Waals surface area contributed by atoms with Gasteiger partial charge in [-0.25, -0.2) is 9.97 Å². The molecule has 1 fully saturated rings. The van der Waals surface area contributed by atoms with Crippen LogP contribution < -0.4 is 4.90 Å². The van der Waals surface area contributed by atoms with Gasteiger partial charge in [-0.2, -0.15) is 0 Å². The van der Waals surface area contributed by atoms with E-state index in [9.17, 15) is 5.11 Å². The number of rotatable bonds is 3. The summed E-state index contributed by atoms with van der Waals surface area (Å²) >= 11 is 1.52. The summed E-state index contributed by atoms with van der Waals surface area (Å²) in [5.41, 5.74) is 0.919. The van der Waals surface area contributed by atoms with Gasteiger partial charge in [0.25, 0.3) is 0 Å². The summed E-state index contributed by atoms with van der Waals surface area (Å²) in [6.07, 6.45) is 1.83. The summed E-state index contributed by atoms with van der Waals surface area (Å²) in [6, 6.07) is 12.1. The highest BCUT2D eigenvalue weighted by Crippen LogP contribution is 2.37. The largest absolute Gasteiger partial charge is 0.385 e. The molecule has 0 amide bonds. The topological polar surface area (TPSA) is 71.4 Å². The van der Waals surface area contributed by atoms with Gasteiger partial charge in [0.05, 0.1) is 29.7 Å². The zero-order valence-electron chi connectivity index (χ0n) is 16.4. The van der Waals surface area contributed by atoms with Gasteiger partial charge < -0.3 is 14.7 Å². The first-order valence-corrected chi connectivity index (χ1v) is 10.5. The summed E-state index contributed by atoms with van der Waals surface area (Å²) in [4.78, 5) is 18.4. The molecule has 1 saturated heterocycles. The Labute approximate surface area is 172 Å². The van der Waals surface area contributed by atoms with Gasteiger partial charge in [-0.15, -0.1) is 11.3 Å². The molecule has 4 heterocycles. The van der Waals surface area contributed by atoms with Crippen molar-refractivity contribution in [1.29, 1.82) is 0 Å². The number of pyridine rings is 1. The Hall–Kier alpha value is -2.61. The summed E-state index contributed by atoms with van der Waals surface area (Å²) in [5, 5.41) is 12.6. The molecule has 4 aromatic rings. The first-order chi connectivity index (χ1) is 14.0. The van der Waals surface area contributed by atoms with Crippen LogP contribution in [0, 0.1) is 0 Å². The summed E-state index contributed by atoms with van der Waals surface area (Å²) in [7, 11) is 0. The van der Waals surface area contributed by atoms with Gasteiger partial charge in [0.1, 0.15) is 10.6 Å². The Bertz CT molecular complexity index is 1190. The Morgan fingerprint density at radius 2 is 1.90 bits per heavy atom. The molecule has 0 spiro atoms. The first-order valence-electron chi connectivity index (χ1n) is 9.71. The fraction of sp³-hybridized carbons (Fsp3) is 0.318. The summed E-state index contributed by atoms with van der Waals surface area (Å²) in [6.45, 7) is 6.54. The van der Waals surface area contributed by atoms with E-state index in [1.165, 1.54) is 11.3 Å². The molecule has 1 aromatic carbocycles. The van der Waals surface area contributed by atoms with Crippen molar-refractivity contribution in [1.82, 2.24) is 15.0 Å². The molecule has 0 saturated carbocycles. The van der Waals surface area contributed by atoms with E-state index < -0.39 is 5.60 Å². The van der Waals surface area contributed by atoms with E-state index in [1.807, 2.05) is 36.5 Å². The molecule has 0 unspecified atom stereocenters. The van der Waals surface area contributed by atoms with E-state index in [1.54, 1.807) is 13.8 Å². The maximum absolute atomic E-state index is 10.5. The van der Waals surface area contributed by atoms with Gasteiger partial charge in [0.2, 0.25) is 0 Å². The highest BCUT2D eigenvalue weighted by atomic mass is 32.1. The highest BCUT2D eigenvalue weighted by molar-refractivity contribution is 7.18. The normalized spacial score (nSPS) is 15.3. The molecule has 7 heteroatoms. The molecule has 1 N–H and O–H groups in total. The van der Waals surface area contributed by atoms with Crippen molar-refractivity contribution in [3.8, 4) is 11.4 Å². The van der Waals surface area contributed by atoms with Crippen LogP contribution in [0.2, 0.25) is 0 Å². The molecule has 1 aliphatic rings. The number of ether oxygens (including phenoxy) is 1. The zero-order valence-corrected chi connectivity index (χ0v) is 17.2. The zero-order chi connectivity index (χ0) is 20.0. The van der Waals surface area contributed by atoms with Crippen LogP contribution in [-0.2, 0) is 10.3 Å². The van der Waals surface area contributed by atoms with Gasteiger partial charge in [0.15, 0.2) is 5.82 Å². The van der Waals surface area contributed by atoms with Crippen molar-refractivity contribution in [3.63, 3.8) is 0 Å². The molecule has 29 heavy (non-hydrogen) atoms. The molecule has 0 aliphatic carbocycles. The first kappa shape index (κ1) is 18.4. The fourth-order valence-electron chi connectivity index (χ4n) is 3.55. The van der Waals surface area contributed by atoms with Crippen molar-refractivity contribution in [2.24, 2.45) is 0 Å². The predicted octanol–water partition coefficient (Wildman–Crippen LogP) is 3.97. The standard InChI is InChI=1S/C22H22N4O2S/c1-22(2,27)18-12-16-20(26-7-9-28-10-8-26)24-19(25-21(16)29-18)15-11-14-5-3-4-6-17(14)23-13-15/h3-6,11-13,27H,7-10H2,1-2H3. The lowest BCUT2D eigenvalue weighted by Gasteiger charge is -2.28. The van der Waals surface area contributed by atoms with E-state index in [0.29, 0.717) is 19.0 Å². The van der Waals surface area contributed by atoms with E-state index in [4.69, 9.17) is 14.7 Å². The molecule has 0 radical (unpaired) electrons. The minimum absolute atomic E-state index is 0.654. The molecular weight excluding hydrogens is 384 g/mol. The quantitative estimate of drug-likeness (QED) is 0.555. The lowest BCUT2D eigenvalue weighted by Crippen LogP contribution is -2.37. The van der Waals surface area contributed by atoms with Gasteiger partial charge in [-0.05, 0) is 32.0 Å². The van der Waals surface area contributed by atoms with Crippen molar-refractivity contribution in [2.45, 2.75) is 19.4 Å². The fourth-order valence-corrected chi connectivity index (χ4v) is 4.57. The number of nitrogens with zero attached hydrogens (tertiary/aromatic N) is 4. The van der Waals surface area contributed by atoms with Gasteiger partial charge in [-0.3, -0.25) is 4.98 Å². The maximum atomic E-state index is 10.5. The number of morpholine rings is 1. The second-order valence-electron chi connectivity index (χ2n) is 7.78. The Morgan fingerprint density at radius 3 is 2.69 bits per heavy atom. The van der Waals surface area contributed by atoms with E-state index >= 15 is 0 Å². The Kier molecular flexibility index (Phi) is 4.46. The minimum atomic E-state index is -0.918.